The van der Waals surface area contributed by atoms with Gasteiger partial charge in [0.1, 0.15) is 6.04 Å². The second kappa shape index (κ2) is 5.19. The summed E-state index contributed by atoms with van der Waals surface area (Å²) in [7, 11) is 0. The van der Waals surface area contributed by atoms with Crippen LogP contribution in [0.3, 0.4) is 0 Å². The van der Waals surface area contributed by atoms with E-state index >= 15 is 0 Å². The maximum absolute atomic E-state index is 12.0. The fourth-order valence-corrected chi connectivity index (χ4v) is 2.03. The Labute approximate surface area is 101 Å². The van der Waals surface area contributed by atoms with Crippen LogP contribution >= 0.6 is 0 Å². The average molecular weight is 234 g/mol. The Morgan fingerprint density at radius 2 is 2.35 bits per heavy atom. The number of aliphatic hydroxyl groups excluding tert-OH is 1. The molecule has 1 aliphatic rings. The molecule has 0 radical (unpaired) electrons. The number of para-hydroxylation sites is 1. The maximum atomic E-state index is 12.0. The van der Waals surface area contributed by atoms with Crippen LogP contribution in [0.5, 0.6) is 0 Å². The summed E-state index contributed by atoms with van der Waals surface area (Å²) in [6.07, 6.45) is 1.45. The maximum Gasteiger partial charge on any atom is 0.243 e. The van der Waals surface area contributed by atoms with E-state index < -0.39 is 0 Å². The molecule has 17 heavy (non-hydrogen) atoms. The molecular weight excluding hydrogens is 216 g/mol. The van der Waals surface area contributed by atoms with Gasteiger partial charge in [-0.05, 0) is 18.1 Å². The molecule has 1 amide bonds. The molecule has 92 valence electrons. The van der Waals surface area contributed by atoms with Gasteiger partial charge in [0.05, 0.1) is 12.6 Å². The Kier molecular flexibility index (Phi) is 3.64. The first-order valence-corrected chi connectivity index (χ1v) is 6.00. The molecule has 4 heteroatoms. The summed E-state index contributed by atoms with van der Waals surface area (Å²) in [6, 6.07) is 7.57. The van der Waals surface area contributed by atoms with Gasteiger partial charge in [-0.15, -0.1) is 0 Å². The standard InChI is InChI=1S/C13H18N2O2/c1-2-10(8-16)14-13(17)12-7-9-5-3-4-6-11(9)15-12/h3-6,10,12,15-16H,2,7-8H2,1H3,(H,14,17)/t10-,12?/m1/s1. The number of rotatable bonds is 4. The highest BCUT2D eigenvalue weighted by molar-refractivity contribution is 5.87. The lowest BCUT2D eigenvalue weighted by molar-refractivity contribution is -0.122. The van der Waals surface area contributed by atoms with E-state index in [-0.39, 0.29) is 24.6 Å². The monoisotopic (exact) mass is 234 g/mol. The predicted molar refractivity (Wildman–Crippen MR) is 66.9 cm³/mol. The third-order valence-electron chi connectivity index (χ3n) is 3.15. The Bertz CT molecular complexity index is 377. The second-order valence-corrected chi connectivity index (χ2v) is 4.35. The number of anilines is 1. The Morgan fingerprint density at radius 1 is 1.59 bits per heavy atom. The summed E-state index contributed by atoms with van der Waals surface area (Å²) in [4.78, 5) is 12.0. The van der Waals surface area contributed by atoms with Crippen molar-refractivity contribution in [3.8, 4) is 0 Å². The summed E-state index contributed by atoms with van der Waals surface area (Å²) < 4.78 is 0. The lowest BCUT2D eigenvalue weighted by Gasteiger charge is -2.17. The highest BCUT2D eigenvalue weighted by Gasteiger charge is 2.27. The van der Waals surface area contributed by atoms with Gasteiger partial charge >= 0.3 is 0 Å². The molecule has 3 N–H and O–H groups in total. The molecule has 2 rings (SSSR count). The number of amides is 1. The SMILES string of the molecule is CC[C@H](CO)NC(=O)C1Cc2ccccc2N1. The predicted octanol–water partition coefficient (Wildman–Crippen LogP) is 0.910. The zero-order valence-corrected chi connectivity index (χ0v) is 9.94. The molecule has 4 nitrogen and oxygen atoms in total. The van der Waals surface area contributed by atoms with Crippen LogP contribution in [0, 0.1) is 0 Å². The van der Waals surface area contributed by atoms with Gasteiger partial charge in [0.25, 0.3) is 0 Å². The van der Waals surface area contributed by atoms with Crippen LogP contribution in [0.1, 0.15) is 18.9 Å². The molecule has 1 aromatic carbocycles. The van der Waals surface area contributed by atoms with Gasteiger partial charge in [0.2, 0.25) is 5.91 Å². The number of hydrogen-bond donors (Lipinski definition) is 3. The van der Waals surface area contributed by atoms with Crippen molar-refractivity contribution < 1.29 is 9.90 Å². The van der Waals surface area contributed by atoms with Crippen LogP contribution < -0.4 is 10.6 Å². The van der Waals surface area contributed by atoms with Crippen LogP contribution in [0.25, 0.3) is 0 Å². The van der Waals surface area contributed by atoms with Crippen LogP contribution in [0.2, 0.25) is 0 Å². The van der Waals surface area contributed by atoms with Crippen LogP contribution in [0.4, 0.5) is 5.69 Å². The van der Waals surface area contributed by atoms with Gasteiger partial charge in [0, 0.05) is 12.1 Å². The van der Waals surface area contributed by atoms with E-state index in [1.54, 1.807) is 0 Å². The van der Waals surface area contributed by atoms with Gasteiger partial charge in [-0.1, -0.05) is 25.1 Å². The molecule has 0 fully saturated rings. The zero-order chi connectivity index (χ0) is 12.3. The summed E-state index contributed by atoms with van der Waals surface area (Å²) in [5.41, 5.74) is 2.20. The van der Waals surface area contributed by atoms with E-state index in [0.29, 0.717) is 6.42 Å². The van der Waals surface area contributed by atoms with Crippen molar-refractivity contribution >= 4 is 11.6 Å². The van der Waals surface area contributed by atoms with Gasteiger partial charge < -0.3 is 15.7 Å². The molecule has 1 aromatic rings. The number of carbonyl (C=O) groups excluding carboxylic acids is 1. The summed E-state index contributed by atoms with van der Waals surface area (Å²) >= 11 is 0. The molecule has 0 bridgehead atoms. The minimum absolute atomic E-state index is 0.0120. The highest BCUT2D eigenvalue weighted by atomic mass is 16.3. The molecule has 0 aliphatic carbocycles. The molecule has 0 aromatic heterocycles. The second-order valence-electron chi connectivity index (χ2n) is 4.35. The van der Waals surface area contributed by atoms with Crippen molar-refractivity contribution in [2.45, 2.75) is 31.8 Å². The van der Waals surface area contributed by atoms with E-state index in [9.17, 15) is 4.79 Å². The zero-order valence-electron chi connectivity index (χ0n) is 9.94. The van der Waals surface area contributed by atoms with Crippen LogP contribution in [-0.2, 0) is 11.2 Å². The number of fused-ring (bicyclic) bond motifs is 1. The van der Waals surface area contributed by atoms with Crippen molar-refractivity contribution in [1.82, 2.24) is 5.32 Å². The van der Waals surface area contributed by atoms with Crippen molar-refractivity contribution in [2.75, 3.05) is 11.9 Å². The number of hydrogen-bond acceptors (Lipinski definition) is 3. The minimum atomic E-state index is -0.215. The number of nitrogens with one attached hydrogen (secondary N) is 2. The summed E-state index contributed by atoms with van der Waals surface area (Å²) in [5.74, 6) is -0.0397. The highest BCUT2D eigenvalue weighted by Crippen LogP contribution is 2.25. The van der Waals surface area contributed by atoms with E-state index in [1.807, 2.05) is 31.2 Å². The molecular formula is C13H18N2O2. The van der Waals surface area contributed by atoms with Crippen molar-refractivity contribution in [3.05, 3.63) is 29.8 Å². The quantitative estimate of drug-likeness (QED) is 0.725. The smallest absolute Gasteiger partial charge is 0.243 e. The molecule has 1 unspecified atom stereocenters. The normalized spacial score (nSPS) is 19.3. The molecule has 2 atom stereocenters. The molecule has 0 saturated heterocycles. The van der Waals surface area contributed by atoms with Crippen LogP contribution in [0.15, 0.2) is 24.3 Å². The fraction of sp³-hybridized carbons (Fsp3) is 0.462. The first-order valence-electron chi connectivity index (χ1n) is 6.00. The Morgan fingerprint density at radius 3 is 3.00 bits per heavy atom. The van der Waals surface area contributed by atoms with Crippen molar-refractivity contribution in [2.24, 2.45) is 0 Å². The largest absolute Gasteiger partial charge is 0.394 e. The van der Waals surface area contributed by atoms with E-state index in [4.69, 9.17) is 5.11 Å². The van der Waals surface area contributed by atoms with Gasteiger partial charge in [-0.3, -0.25) is 4.79 Å². The van der Waals surface area contributed by atoms with Crippen molar-refractivity contribution in [1.29, 1.82) is 0 Å². The first kappa shape index (κ1) is 11.9. The Balaban J connectivity index is 1.96. The minimum Gasteiger partial charge on any atom is -0.394 e. The number of aliphatic hydroxyl groups is 1. The Hall–Kier alpha value is -1.55. The number of carbonyl (C=O) groups is 1. The molecule has 1 aliphatic heterocycles. The first-order chi connectivity index (χ1) is 8.24. The molecule has 0 spiro atoms. The topological polar surface area (TPSA) is 61.4 Å². The lowest BCUT2D eigenvalue weighted by atomic mass is 10.1. The number of benzene rings is 1. The molecule has 0 saturated carbocycles. The van der Waals surface area contributed by atoms with Gasteiger partial charge in [-0.25, -0.2) is 0 Å². The fourth-order valence-electron chi connectivity index (χ4n) is 2.03. The lowest BCUT2D eigenvalue weighted by Crippen LogP contribution is -2.45. The summed E-state index contributed by atoms with van der Waals surface area (Å²) in [6.45, 7) is 1.93. The van der Waals surface area contributed by atoms with E-state index in [1.165, 1.54) is 5.56 Å². The van der Waals surface area contributed by atoms with Gasteiger partial charge in [-0.2, -0.15) is 0 Å². The molecule has 1 heterocycles. The van der Waals surface area contributed by atoms with Crippen LogP contribution in [-0.4, -0.2) is 29.7 Å². The summed E-state index contributed by atoms with van der Waals surface area (Å²) in [5, 5.41) is 15.1. The van der Waals surface area contributed by atoms with Gasteiger partial charge in [0.15, 0.2) is 0 Å². The van der Waals surface area contributed by atoms with E-state index in [0.717, 1.165) is 12.1 Å². The third kappa shape index (κ3) is 2.58. The van der Waals surface area contributed by atoms with Crippen molar-refractivity contribution in [3.63, 3.8) is 0 Å². The third-order valence-corrected chi connectivity index (χ3v) is 3.15. The average Bonchev–Trinajstić information content (AvgIpc) is 2.79. The van der Waals surface area contributed by atoms with E-state index in [2.05, 4.69) is 10.6 Å².